The number of nitrogens with one attached hydrogen (secondary N) is 2. The molecule has 8 nitrogen and oxygen atoms in total. The lowest BCUT2D eigenvalue weighted by Crippen LogP contribution is -2.26. The van der Waals surface area contributed by atoms with Crippen molar-refractivity contribution in [2.24, 2.45) is 5.41 Å². The highest BCUT2D eigenvalue weighted by molar-refractivity contribution is 5.84. The molecule has 0 amide bonds. The van der Waals surface area contributed by atoms with Crippen LogP contribution in [0.4, 0.5) is 0 Å². The first-order valence-corrected chi connectivity index (χ1v) is 23.9. The highest BCUT2D eigenvalue weighted by atomic mass is 16.5. The molecule has 12 rings (SSSR count). The van der Waals surface area contributed by atoms with Crippen LogP contribution in [0, 0.1) is 5.41 Å². The van der Waals surface area contributed by atoms with Crippen molar-refractivity contribution in [2.75, 3.05) is 20.3 Å². The van der Waals surface area contributed by atoms with Gasteiger partial charge in [-0.3, -0.25) is 4.79 Å². The molecule has 0 unspecified atom stereocenters. The van der Waals surface area contributed by atoms with E-state index in [0.29, 0.717) is 13.2 Å². The normalized spacial score (nSPS) is 12.4. The summed E-state index contributed by atoms with van der Waals surface area (Å²) < 4.78 is 17.2. The second kappa shape index (κ2) is 20.5. The van der Waals surface area contributed by atoms with E-state index in [4.69, 9.17) is 24.2 Å². The molecule has 0 radical (unpaired) electrons. The van der Waals surface area contributed by atoms with Crippen molar-refractivity contribution in [1.82, 2.24) is 19.9 Å². The lowest BCUT2D eigenvalue weighted by atomic mass is 9.90. The van der Waals surface area contributed by atoms with Crippen molar-refractivity contribution in [1.29, 1.82) is 0 Å². The Kier molecular flexibility index (Phi) is 13.8. The van der Waals surface area contributed by atoms with Gasteiger partial charge in [0.1, 0.15) is 23.1 Å². The zero-order valence-electron chi connectivity index (χ0n) is 39.2. The molecule has 0 saturated heterocycles. The molecule has 0 atom stereocenters. The maximum atomic E-state index is 12.3. The molecule has 8 aromatic rings. The van der Waals surface area contributed by atoms with Gasteiger partial charge < -0.3 is 24.2 Å². The number of hydrogen-bond donors (Lipinski definition) is 2. The molecule has 8 heteroatoms. The van der Waals surface area contributed by atoms with E-state index in [1.165, 1.54) is 22.3 Å². The number of rotatable bonds is 17. The Morgan fingerprint density at radius 1 is 0.552 bits per heavy atom. The van der Waals surface area contributed by atoms with Gasteiger partial charge in [0.15, 0.2) is 0 Å². The Morgan fingerprint density at radius 2 is 1.03 bits per heavy atom. The largest absolute Gasteiger partial charge is 0.497 e. The third-order valence-electron chi connectivity index (χ3n) is 13.2. The smallest absolute Gasteiger partial charge is 0.311 e. The minimum Gasteiger partial charge on any atom is -0.497 e. The quantitative estimate of drug-likeness (QED) is 0.0697. The predicted molar refractivity (Wildman–Crippen MR) is 270 cm³/mol. The topological polar surface area (TPSA) is 102 Å². The Bertz CT molecular complexity index is 2860. The zero-order valence-corrected chi connectivity index (χ0v) is 39.2. The molecule has 2 aromatic heterocycles. The van der Waals surface area contributed by atoms with Gasteiger partial charge in [0.25, 0.3) is 0 Å². The van der Waals surface area contributed by atoms with Gasteiger partial charge >= 0.3 is 5.97 Å². The molecule has 2 N–H and O–H groups in total. The number of aromatic amines is 2. The Morgan fingerprint density at radius 3 is 1.57 bits per heavy atom. The highest BCUT2D eigenvalue weighted by Crippen LogP contribution is 2.38. The van der Waals surface area contributed by atoms with Gasteiger partial charge in [-0.15, -0.1) is 0 Å². The molecule has 340 valence electrons. The number of aryl methyl sites for hydroxylation is 4. The van der Waals surface area contributed by atoms with E-state index in [1.54, 1.807) is 7.11 Å². The molecule has 0 fully saturated rings. The van der Waals surface area contributed by atoms with E-state index in [0.717, 1.165) is 137 Å². The highest BCUT2D eigenvalue weighted by Gasteiger charge is 2.27. The van der Waals surface area contributed by atoms with Crippen molar-refractivity contribution in [3.05, 3.63) is 168 Å². The van der Waals surface area contributed by atoms with Crippen LogP contribution in [0.5, 0.6) is 11.5 Å². The summed E-state index contributed by atoms with van der Waals surface area (Å²) in [5, 5.41) is 0. The zero-order chi connectivity index (χ0) is 46.2. The van der Waals surface area contributed by atoms with Crippen molar-refractivity contribution >= 4 is 5.97 Å². The van der Waals surface area contributed by atoms with Crippen LogP contribution in [0.1, 0.15) is 75.1 Å². The first-order chi connectivity index (χ1) is 32.8. The molecule has 0 saturated carbocycles. The number of imidazole rings is 2. The number of carbonyl (C=O) groups is 1. The maximum Gasteiger partial charge on any atom is 0.311 e. The average molecular weight is 889 g/mol. The molecular formula is C59H60N4O4. The summed E-state index contributed by atoms with van der Waals surface area (Å²) >= 11 is 0. The van der Waals surface area contributed by atoms with Crippen LogP contribution in [0.2, 0.25) is 0 Å². The number of benzene rings is 6. The van der Waals surface area contributed by atoms with E-state index in [2.05, 4.69) is 125 Å². The number of hydrogen-bond acceptors (Lipinski definition) is 6. The Hall–Kier alpha value is -7.19. The fraction of sp³-hybridized carbons (Fsp3) is 0.271. The van der Waals surface area contributed by atoms with Crippen molar-refractivity contribution in [2.45, 2.75) is 78.6 Å². The van der Waals surface area contributed by atoms with Gasteiger partial charge in [-0.2, -0.15) is 0 Å². The van der Waals surface area contributed by atoms with Gasteiger partial charge in [0.2, 0.25) is 0 Å². The fourth-order valence-electron chi connectivity index (χ4n) is 8.75. The van der Waals surface area contributed by atoms with E-state index < -0.39 is 5.41 Å². The van der Waals surface area contributed by atoms with Crippen LogP contribution in [0.3, 0.4) is 0 Å². The van der Waals surface area contributed by atoms with Crippen LogP contribution in [-0.4, -0.2) is 46.2 Å². The number of ether oxygens (including phenoxy) is 3. The Balaban J connectivity index is 0.960. The lowest BCUT2D eigenvalue weighted by molar-refractivity contribution is -0.154. The van der Waals surface area contributed by atoms with E-state index in [9.17, 15) is 4.79 Å². The number of esters is 1. The molecule has 2 heterocycles. The third kappa shape index (κ3) is 10.4. The second-order valence-electron chi connectivity index (χ2n) is 18.2. The SMILES string of the molecule is CCC(C)(C)C(=O)OCCCCCCOc1ccc(-c2[nH]c(-c3cc4ccc3CCc3ccc(cc3-c3nc(-c5ccccc5)c(-c5ccccc5)[nH]3)CC4)nc2-c2ccc(OC)cc2)cc1. The van der Waals surface area contributed by atoms with Crippen LogP contribution in [-0.2, 0) is 35.2 Å². The molecule has 6 aromatic carbocycles. The van der Waals surface area contributed by atoms with Gasteiger partial charge in [-0.25, -0.2) is 9.97 Å². The number of methoxy groups -OCH3 is 1. The van der Waals surface area contributed by atoms with Crippen molar-refractivity contribution in [3.8, 4) is 79.3 Å². The van der Waals surface area contributed by atoms with Crippen molar-refractivity contribution in [3.63, 3.8) is 0 Å². The van der Waals surface area contributed by atoms with Gasteiger partial charge in [0, 0.05) is 33.4 Å². The molecular weight excluding hydrogens is 829 g/mol. The monoisotopic (exact) mass is 888 g/mol. The molecule has 4 aliphatic rings. The van der Waals surface area contributed by atoms with E-state index >= 15 is 0 Å². The number of aromatic nitrogens is 4. The van der Waals surface area contributed by atoms with Crippen LogP contribution in [0.15, 0.2) is 146 Å². The first kappa shape index (κ1) is 45.0. The van der Waals surface area contributed by atoms with Crippen LogP contribution < -0.4 is 9.47 Å². The molecule has 4 aliphatic carbocycles. The summed E-state index contributed by atoms with van der Waals surface area (Å²) in [6.45, 7) is 6.98. The minimum atomic E-state index is -0.425. The summed E-state index contributed by atoms with van der Waals surface area (Å²) in [5.41, 5.74) is 14.9. The number of unbranched alkanes of at least 4 members (excludes halogenated alkanes) is 3. The molecule has 0 spiro atoms. The summed E-state index contributed by atoms with van der Waals surface area (Å²) in [6.07, 6.45) is 8.02. The van der Waals surface area contributed by atoms with Gasteiger partial charge in [-0.05, 0) is 155 Å². The number of carbonyl (C=O) groups excluding carboxylic acids is 1. The summed E-state index contributed by atoms with van der Waals surface area (Å²) in [5.74, 6) is 3.25. The van der Waals surface area contributed by atoms with E-state index in [-0.39, 0.29) is 5.97 Å². The lowest BCUT2D eigenvalue weighted by Gasteiger charge is -2.20. The van der Waals surface area contributed by atoms with Gasteiger partial charge in [0.05, 0.1) is 48.5 Å². The standard InChI is InChI=1S/C59H60N4O4/c1-5-59(2,3)58(64)67-37-15-7-6-14-36-66-49-34-30-47(31-35-49)55-54(46-28-32-48(65-4)33-29-46)62-57(63-55)51-39-41-21-20-40-22-24-42(26-27-43(51)25-23-41)50(38-40)56-60-52(44-16-10-8-11-17-44)53(61-56)45-18-12-9-13-19-45/h8-13,16-19,22-25,28-35,38-39H,5-7,14-15,20-21,26-27,36-37H2,1-4H3,(H,60,61)(H,62,63). The average Bonchev–Trinajstić information content (AvgIpc) is 4.03. The van der Waals surface area contributed by atoms with Crippen LogP contribution >= 0.6 is 0 Å². The summed E-state index contributed by atoms with van der Waals surface area (Å²) in [7, 11) is 1.69. The molecule has 67 heavy (non-hydrogen) atoms. The van der Waals surface area contributed by atoms with Crippen molar-refractivity contribution < 1.29 is 19.0 Å². The van der Waals surface area contributed by atoms with E-state index in [1.807, 2.05) is 51.1 Å². The molecule has 0 aliphatic heterocycles. The van der Waals surface area contributed by atoms with Gasteiger partial charge in [-0.1, -0.05) is 91.9 Å². The number of nitrogens with zero attached hydrogens (tertiary/aromatic N) is 2. The minimum absolute atomic E-state index is 0.114. The maximum absolute atomic E-state index is 12.3. The predicted octanol–water partition coefficient (Wildman–Crippen LogP) is 13.9. The number of H-pyrrole nitrogens is 2. The molecule has 4 bridgehead atoms. The third-order valence-corrected chi connectivity index (χ3v) is 13.2. The first-order valence-electron chi connectivity index (χ1n) is 23.9. The Labute approximate surface area is 394 Å². The summed E-state index contributed by atoms with van der Waals surface area (Å²) in [4.78, 5) is 30.6. The summed E-state index contributed by atoms with van der Waals surface area (Å²) in [6, 6.07) is 51.3. The fourth-order valence-corrected chi connectivity index (χ4v) is 8.75. The van der Waals surface area contributed by atoms with Crippen LogP contribution in [0.25, 0.3) is 67.8 Å². The second-order valence-corrected chi connectivity index (χ2v) is 18.2.